The molecule has 0 aliphatic carbocycles. The molecule has 1 aliphatic heterocycles. The van der Waals surface area contributed by atoms with Crippen molar-refractivity contribution in [3.05, 3.63) is 71.3 Å². The summed E-state index contributed by atoms with van der Waals surface area (Å²) in [6.07, 6.45) is 0.847. The van der Waals surface area contributed by atoms with Crippen LogP contribution in [0, 0.1) is 0 Å². The lowest BCUT2D eigenvalue weighted by Crippen LogP contribution is -2.36. The Hall–Kier alpha value is -1.43. The van der Waals surface area contributed by atoms with Crippen LogP contribution in [-0.2, 0) is 6.42 Å². The zero-order valence-electron chi connectivity index (χ0n) is 14.3. The summed E-state index contributed by atoms with van der Waals surface area (Å²) in [7, 11) is 0. The first-order valence-corrected chi connectivity index (χ1v) is 10.7. The van der Waals surface area contributed by atoms with E-state index in [0.717, 1.165) is 12.0 Å². The minimum atomic E-state index is 0.0691. The molecule has 0 aromatic heterocycles. The summed E-state index contributed by atoms with van der Waals surface area (Å²) in [5.41, 5.74) is 9.01. The van der Waals surface area contributed by atoms with E-state index < -0.39 is 0 Å². The molecule has 1 amide bonds. The molecule has 1 heterocycles. The molecule has 1 saturated heterocycles. The Morgan fingerprint density at radius 2 is 1.68 bits per heavy atom. The van der Waals surface area contributed by atoms with E-state index in [1.165, 1.54) is 22.6 Å². The lowest BCUT2D eigenvalue weighted by atomic mass is 10.1. The van der Waals surface area contributed by atoms with Crippen molar-refractivity contribution in [3.8, 4) is 0 Å². The fourth-order valence-corrected chi connectivity index (χ4v) is 5.76. The van der Waals surface area contributed by atoms with Crippen LogP contribution in [0.25, 0.3) is 0 Å². The van der Waals surface area contributed by atoms with Gasteiger partial charge >= 0.3 is 0 Å². The maximum absolute atomic E-state index is 12.8. The van der Waals surface area contributed by atoms with Gasteiger partial charge in [-0.05, 0) is 29.7 Å². The second kappa shape index (κ2) is 9.32. The topological polar surface area (TPSA) is 46.3 Å². The first-order chi connectivity index (χ1) is 12.3. The van der Waals surface area contributed by atoms with Crippen molar-refractivity contribution in [2.24, 2.45) is 5.73 Å². The smallest absolute Gasteiger partial charge is 0.253 e. The van der Waals surface area contributed by atoms with E-state index in [9.17, 15) is 4.79 Å². The average Bonchev–Trinajstić information content (AvgIpc) is 3.20. The van der Waals surface area contributed by atoms with Crippen LogP contribution in [0.2, 0.25) is 0 Å². The van der Waals surface area contributed by atoms with Crippen molar-refractivity contribution in [3.63, 3.8) is 0 Å². The molecule has 2 aromatic rings. The maximum atomic E-state index is 12.8. The highest BCUT2D eigenvalue weighted by atomic mass is 32.2. The molecular formula is C20H24N2OS2. The minimum absolute atomic E-state index is 0.0691. The van der Waals surface area contributed by atoms with Gasteiger partial charge in [0.15, 0.2) is 0 Å². The predicted octanol–water partition coefficient (Wildman–Crippen LogP) is 3.81. The summed E-state index contributed by atoms with van der Waals surface area (Å²) in [5, 5.41) is 0. The summed E-state index contributed by atoms with van der Waals surface area (Å²) >= 11 is 3.96. The molecule has 0 bridgehead atoms. The molecule has 0 unspecified atom stereocenters. The lowest BCUT2D eigenvalue weighted by Gasteiger charge is -2.22. The van der Waals surface area contributed by atoms with E-state index in [1.807, 2.05) is 58.8 Å². The Bertz CT molecular complexity index is 670. The molecule has 132 valence electrons. The normalized spacial score (nSPS) is 14.6. The summed E-state index contributed by atoms with van der Waals surface area (Å²) in [4.78, 5) is 14.7. The van der Waals surface area contributed by atoms with Crippen LogP contribution in [0.3, 0.4) is 0 Å². The van der Waals surface area contributed by atoms with Gasteiger partial charge in [0.25, 0.3) is 5.91 Å². The number of hydrogen-bond donors (Lipinski definition) is 1. The van der Waals surface area contributed by atoms with Gasteiger partial charge in [-0.15, -0.1) is 23.5 Å². The average molecular weight is 373 g/mol. The number of nitrogens with two attached hydrogens (primary N) is 1. The maximum Gasteiger partial charge on any atom is 0.253 e. The van der Waals surface area contributed by atoms with Gasteiger partial charge in [0.05, 0.1) is 4.58 Å². The quantitative estimate of drug-likeness (QED) is 0.803. The van der Waals surface area contributed by atoms with Gasteiger partial charge in [-0.25, -0.2) is 0 Å². The highest BCUT2D eigenvalue weighted by Gasteiger charge is 2.19. The SMILES string of the molecule is NCCN(CCc1ccccc1)C(=O)c1ccc(C2SCCS2)cc1. The predicted molar refractivity (Wildman–Crippen MR) is 109 cm³/mol. The van der Waals surface area contributed by atoms with Crippen molar-refractivity contribution >= 4 is 29.4 Å². The monoisotopic (exact) mass is 372 g/mol. The third-order valence-corrected chi connectivity index (χ3v) is 7.36. The second-order valence-electron chi connectivity index (χ2n) is 6.01. The second-order valence-corrected chi connectivity index (χ2v) is 8.74. The highest BCUT2D eigenvalue weighted by Crippen LogP contribution is 2.45. The Kier molecular flexibility index (Phi) is 6.84. The molecule has 1 fully saturated rings. The van der Waals surface area contributed by atoms with Gasteiger partial charge in [0.1, 0.15) is 0 Å². The van der Waals surface area contributed by atoms with Crippen LogP contribution >= 0.6 is 23.5 Å². The zero-order valence-corrected chi connectivity index (χ0v) is 15.9. The molecule has 3 rings (SSSR count). The molecule has 3 nitrogen and oxygen atoms in total. The molecule has 5 heteroatoms. The van der Waals surface area contributed by atoms with Crippen molar-refractivity contribution < 1.29 is 4.79 Å². The first kappa shape index (κ1) is 18.4. The molecule has 1 aliphatic rings. The number of amides is 1. The fraction of sp³-hybridized carbons (Fsp3) is 0.350. The van der Waals surface area contributed by atoms with Gasteiger partial charge in [-0.1, -0.05) is 42.5 Å². The zero-order chi connectivity index (χ0) is 17.5. The van der Waals surface area contributed by atoms with Gasteiger partial charge < -0.3 is 10.6 Å². The van der Waals surface area contributed by atoms with Crippen LogP contribution in [-0.4, -0.2) is 41.9 Å². The highest BCUT2D eigenvalue weighted by molar-refractivity contribution is 8.19. The fourth-order valence-electron chi connectivity index (χ4n) is 2.90. The molecule has 25 heavy (non-hydrogen) atoms. The Morgan fingerprint density at radius 1 is 1.00 bits per heavy atom. The number of carbonyl (C=O) groups is 1. The van der Waals surface area contributed by atoms with E-state index in [4.69, 9.17) is 5.73 Å². The van der Waals surface area contributed by atoms with E-state index in [2.05, 4.69) is 24.3 Å². The standard InChI is InChI=1S/C20H24N2OS2/c21-11-13-22(12-10-16-4-2-1-3-5-16)19(23)17-6-8-18(9-7-17)20-24-14-15-25-20/h1-9,20H,10-15,21H2. The minimum Gasteiger partial charge on any atom is -0.337 e. The van der Waals surface area contributed by atoms with Gasteiger partial charge in [0, 0.05) is 36.7 Å². The number of hydrogen-bond acceptors (Lipinski definition) is 4. The Labute approximate surface area is 158 Å². The number of benzene rings is 2. The molecular weight excluding hydrogens is 348 g/mol. The molecule has 0 spiro atoms. The summed E-state index contributed by atoms with van der Waals surface area (Å²) in [6.45, 7) is 1.76. The first-order valence-electron chi connectivity index (χ1n) is 8.64. The largest absolute Gasteiger partial charge is 0.337 e. The third kappa shape index (κ3) is 5.03. The van der Waals surface area contributed by atoms with Crippen molar-refractivity contribution in [1.29, 1.82) is 0 Å². The van der Waals surface area contributed by atoms with Gasteiger partial charge in [-0.3, -0.25) is 4.79 Å². The number of rotatable bonds is 7. The van der Waals surface area contributed by atoms with E-state index in [-0.39, 0.29) is 5.91 Å². The molecule has 0 radical (unpaired) electrons. The number of nitrogens with zero attached hydrogens (tertiary/aromatic N) is 1. The Balaban J connectivity index is 1.64. The summed E-state index contributed by atoms with van der Waals surface area (Å²) in [6, 6.07) is 18.4. The van der Waals surface area contributed by atoms with Crippen molar-refractivity contribution in [1.82, 2.24) is 4.90 Å². The molecule has 0 atom stereocenters. The van der Waals surface area contributed by atoms with Crippen LogP contribution in [0.1, 0.15) is 26.1 Å². The van der Waals surface area contributed by atoms with Gasteiger partial charge in [0.2, 0.25) is 0 Å². The Morgan fingerprint density at radius 3 is 2.32 bits per heavy atom. The number of thioether (sulfide) groups is 2. The number of carbonyl (C=O) groups excluding carboxylic acids is 1. The third-order valence-electron chi connectivity index (χ3n) is 4.25. The van der Waals surface area contributed by atoms with Crippen LogP contribution in [0.4, 0.5) is 0 Å². The van der Waals surface area contributed by atoms with Gasteiger partial charge in [-0.2, -0.15) is 0 Å². The van der Waals surface area contributed by atoms with Crippen LogP contribution in [0.5, 0.6) is 0 Å². The van der Waals surface area contributed by atoms with E-state index in [1.54, 1.807) is 0 Å². The molecule has 2 N–H and O–H groups in total. The van der Waals surface area contributed by atoms with E-state index >= 15 is 0 Å². The van der Waals surface area contributed by atoms with Crippen LogP contribution in [0.15, 0.2) is 54.6 Å². The summed E-state index contributed by atoms with van der Waals surface area (Å²) in [5.74, 6) is 2.49. The molecule has 0 saturated carbocycles. The lowest BCUT2D eigenvalue weighted by molar-refractivity contribution is 0.0762. The van der Waals surface area contributed by atoms with Crippen molar-refractivity contribution in [2.75, 3.05) is 31.1 Å². The van der Waals surface area contributed by atoms with Crippen molar-refractivity contribution in [2.45, 2.75) is 11.0 Å². The summed E-state index contributed by atoms with van der Waals surface area (Å²) < 4.78 is 0.516. The van der Waals surface area contributed by atoms with E-state index in [0.29, 0.717) is 24.2 Å². The molecule has 2 aromatic carbocycles. The van der Waals surface area contributed by atoms with Crippen LogP contribution < -0.4 is 5.73 Å².